The molecule has 0 N–H and O–H groups in total. The molecule has 0 aromatic carbocycles. The Morgan fingerprint density at radius 3 is 1.70 bits per heavy atom. The summed E-state index contributed by atoms with van der Waals surface area (Å²) >= 11 is 4.25. The molecule has 0 aliphatic heterocycles. The van der Waals surface area contributed by atoms with E-state index in [1.54, 1.807) is 0 Å². The molecule has 0 aliphatic carbocycles. The molecule has 0 amide bonds. The summed E-state index contributed by atoms with van der Waals surface area (Å²) in [5.74, 6) is -2.78. The first-order valence-electron chi connectivity index (χ1n) is 1.98. The normalized spacial score (nSPS) is 18.6. The Bertz CT molecular complexity index is 102. The van der Waals surface area contributed by atoms with Gasteiger partial charge in [0.15, 0.2) is 0 Å². The molecule has 0 fully saturated rings. The van der Waals surface area contributed by atoms with Gasteiger partial charge in [0.25, 0.3) is 12.2 Å². The van der Waals surface area contributed by atoms with Crippen molar-refractivity contribution >= 4 is 11.6 Å². The standard InChI is InChI=1S/C3H2ClF5O/c4-2(6)10-1(5)3(7,8)9/h1-2H/t1-,2+/m1/s1. The molecule has 0 heterocycles. The largest absolute Gasteiger partial charge is 0.445 e. The highest BCUT2D eigenvalue weighted by Gasteiger charge is 2.42. The van der Waals surface area contributed by atoms with Gasteiger partial charge in [0.2, 0.25) is 0 Å². The van der Waals surface area contributed by atoms with E-state index in [4.69, 9.17) is 0 Å². The third-order valence-electron chi connectivity index (χ3n) is 0.480. The quantitative estimate of drug-likeness (QED) is 0.473. The van der Waals surface area contributed by atoms with Crippen molar-refractivity contribution in [1.82, 2.24) is 0 Å². The zero-order chi connectivity index (χ0) is 8.36. The van der Waals surface area contributed by atoms with Gasteiger partial charge in [-0.15, -0.1) is 0 Å². The molecule has 0 radical (unpaired) electrons. The van der Waals surface area contributed by atoms with Crippen LogP contribution < -0.4 is 0 Å². The lowest BCUT2D eigenvalue weighted by Gasteiger charge is -2.11. The fraction of sp³-hybridized carbons (Fsp3) is 1.00. The van der Waals surface area contributed by atoms with Gasteiger partial charge < -0.3 is 0 Å². The van der Waals surface area contributed by atoms with Gasteiger partial charge in [0.05, 0.1) is 0 Å². The first-order chi connectivity index (χ1) is 4.34. The lowest BCUT2D eigenvalue weighted by molar-refractivity contribution is -0.279. The van der Waals surface area contributed by atoms with Crippen LogP contribution in [0.2, 0.25) is 0 Å². The molecule has 0 unspecified atom stereocenters. The van der Waals surface area contributed by atoms with E-state index >= 15 is 0 Å². The molecule has 0 aliphatic rings. The number of hydrogen-bond acceptors (Lipinski definition) is 1. The van der Waals surface area contributed by atoms with E-state index in [1.807, 2.05) is 0 Å². The Morgan fingerprint density at radius 1 is 1.20 bits per heavy atom. The van der Waals surface area contributed by atoms with Crippen molar-refractivity contribution < 1.29 is 26.7 Å². The summed E-state index contributed by atoms with van der Waals surface area (Å²) in [6, 6.07) is 0. The predicted molar refractivity (Wildman–Crippen MR) is 22.8 cm³/mol. The first-order valence-corrected chi connectivity index (χ1v) is 2.42. The second-order valence-corrected chi connectivity index (χ2v) is 1.60. The van der Waals surface area contributed by atoms with Crippen LogP contribution in [-0.2, 0) is 4.74 Å². The summed E-state index contributed by atoms with van der Waals surface area (Å²) in [4.78, 5) is 0. The molecule has 10 heavy (non-hydrogen) atoms. The topological polar surface area (TPSA) is 9.23 Å². The van der Waals surface area contributed by atoms with E-state index in [0.717, 1.165) is 0 Å². The van der Waals surface area contributed by atoms with Crippen LogP contribution in [0.3, 0.4) is 0 Å². The summed E-state index contributed by atoms with van der Waals surface area (Å²) in [6.07, 6.45) is -8.89. The Balaban J connectivity index is 3.73. The smallest absolute Gasteiger partial charge is 0.293 e. The molecule has 2 atom stereocenters. The third kappa shape index (κ3) is 3.84. The van der Waals surface area contributed by atoms with Gasteiger partial charge >= 0.3 is 6.18 Å². The molecule has 62 valence electrons. The van der Waals surface area contributed by atoms with Gasteiger partial charge in [-0.05, 0) is 0 Å². The Kier molecular flexibility index (Phi) is 3.30. The van der Waals surface area contributed by atoms with E-state index in [-0.39, 0.29) is 0 Å². The SMILES string of the molecule is F[C@H](Cl)O[C@@H](F)C(F)(F)F. The minimum atomic E-state index is -5.22. The molecule has 0 bridgehead atoms. The van der Waals surface area contributed by atoms with E-state index in [0.29, 0.717) is 0 Å². The predicted octanol–water partition coefficient (Wildman–Crippen LogP) is 2.35. The molecule has 0 aromatic rings. The van der Waals surface area contributed by atoms with Crippen molar-refractivity contribution in [3.8, 4) is 0 Å². The van der Waals surface area contributed by atoms with E-state index < -0.39 is 18.4 Å². The van der Waals surface area contributed by atoms with E-state index in [9.17, 15) is 22.0 Å². The van der Waals surface area contributed by atoms with Gasteiger partial charge in [-0.25, -0.2) is 4.39 Å². The highest BCUT2D eigenvalue weighted by Crippen LogP contribution is 2.25. The maximum atomic E-state index is 11.5. The van der Waals surface area contributed by atoms with Crippen LogP contribution >= 0.6 is 11.6 Å². The van der Waals surface area contributed by atoms with Crippen LogP contribution in [0.5, 0.6) is 0 Å². The van der Waals surface area contributed by atoms with Crippen molar-refractivity contribution in [2.24, 2.45) is 0 Å². The van der Waals surface area contributed by atoms with Gasteiger partial charge in [0.1, 0.15) is 0 Å². The summed E-state index contributed by atoms with van der Waals surface area (Å²) in [6.45, 7) is 0. The van der Waals surface area contributed by atoms with Crippen molar-refractivity contribution in [3.63, 3.8) is 0 Å². The second-order valence-electron chi connectivity index (χ2n) is 1.25. The molecule has 1 nitrogen and oxygen atoms in total. The Hall–Kier alpha value is -0.100. The fourth-order valence-electron chi connectivity index (χ4n) is 0.167. The molecular formula is C3H2ClF5O. The first kappa shape index (κ1) is 9.90. The fourth-order valence-corrected chi connectivity index (χ4v) is 0.258. The zero-order valence-corrected chi connectivity index (χ0v) is 5.09. The molecular weight excluding hydrogens is 182 g/mol. The molecule has 0 saturated heterocycles. The van der Waals surface area contributed by atoms with Crippen LogP contribution in [0.1, 0.15) is 0 Å². The Labute approximate surface area is 57.7 Å². The summed E-state index contributed by atoms with van der Waals surface area (Å²) in [5.41, 5.74) is 0. The summed E-state index contributed by atoms with van der Waals surface area (Å²) in [5, 5.41) is 0. The average Bonchev–Trinajstić information content (AvgIpc) is 1.60. The molecule has 0 saturated carbocycles. The van der Waals surface area contributed by atoms with Gasteiger partial charge in [-0.2, -0.15) is 17.6 Å². The number of ether oxygens (including phenoxy) is 1. The number of alkyl halides is 6. The van der Waals surface area contributed by atoms with Gasteiger partial charge in [-0.3, -0.25) is 4.74 Å². The number of halogens is 6. The van der Waals surface area contributed by atoms with Crippen molar-refractivity contribution in [1.29, 1.82) is 0 Å². The maximum absolute atomic E-state index is 11.5. The van der Waals surface area contributed by atoms with Crippen LogP contribution in [0.4, 0.5) is 22.0 Å². The third-order valence-corrected chi connectivity index (χ3v) is 0.583. The highest BCUT2D eigenvalue weighted by atomic mass is 35.5. The van der Waals surface area contributed by atoms with Gasteiger partial charge in [-0.1, -0.05) is 11.6 Å². The Morgan fingerprint density at radius 2 is 1.60 bits per heavy atom. The van der Waals surface area contributed by atoms with Gasteiger partial charge in [0, 0.05) is 0 Å². The van der Waals surface area contributed by atoms with Crippen molar-refractivity contribution in [2.45, 2.75) is 18.4 Å². The molecule has 0 rings (SSSR count). The zero-order valence-electron chi connectivity index (χ0n) is 4.33. The molecule has 7 heteroatoms. The summed E-state index contributed by atoms with van der Waals surface area (Å²) in [7, 11) is 0. The van der Waals surface area contributed by atoms with E-state index in [1.165, 1.54) is 0 Å². The lowest BCUT2D eigenvalue weighted by atomic mass is 10.7. The average molecular weight is 184 g/mol. The van der Waals surface area contributed by atoms with Crippen LogP contribution in [0.25, 0.3) is 0 Å². The second kappa shape index (κ2) is 3.34. The van der Waals surface area contributed by atoms with Crippen LogP contribution in [-0.4, -0.2) is 18.4 Å². The minimum Gasteiger partial charge on any atom is -0.293 e. The lowest BCUT2D eigenvalue weighted by Crippen LogP contribution is -2.28. The van der Waals surface area contributed by atoms with Crippen LogP contribution in [0, 0.1) is 0 Å². The highest BCUT2D eigenvalue weighted by molar-refractivity contribution is 6.18. The van der Waals surface area contributed by atoms with Crippen LogP contribution in [0.15, 0.2) is 0 Å². The van der Waals surface area contributed by atoms with E-state index in [2.05, 4.69) is 16.3 Å². The number of rotatable bonds is 2. The number of hydrogen-bond donors (Lipinski definition) is 0. The molecule has 0 spiro atoms. The molecule has 0 aromatic heterocycles. The summed E-state index contributed by atoms with van der Waals surface area (Å²) < 4.78 is 58.9. The van der Waals surface area contributed by atoms with Crippen molar-refractivity contribution in [3.05, 3.63) is 0 Å². The van der Waals surface area contributed by atoms with Crippen molar-refractivity contribution in [2.75, 3.05) is 0 Å². The maximum Gasteiger partial charge on any atom is 0.445 e. The minimum absolute atomic E-state index is 2.78. The monoisotopic (exact) mass is 184 g/mol.